The number of rotatable bonds is 5. The van der Waals surface area contributed by atoms with Crippen LogP contribution in [-0.4, -0.2) is 24.3 Å². The van der Waals surface area contributed by atoms with Gasteiger partial charge < -0.3 is 15.7 Å². The van der Waals surface area contributed by atoms with E-state index < -0.39 is 0 Å². The van der Waals surface area contributed by atoms with E-state index in [-0.39, 0.29) is 6.61 Å². The lowest BCUT2D eigenvalue weighted by Gasteiger charge is -2.39. The molecule has 0 amide bonds. The first-order chi connectivity index (χ1) is 7.81. The van der Waals surface area contributed by atoms with Gasteiger partial charge in [-0.05, 0) is 43.9 Å². The highest BCUT2D eigenvalue weighted by molar-refractivity contribution is 5.56. The summed E-state index contributed by atoms with van der Waals surface area (Å²) in [5, 5.41) is 8.94. The molecule has 3 nitrogen and oxygen atoms in total. The molecule has 3 heteroatoms. The van der Waals surface area contributed by atoms with E-state index in [0.29, 0.717) is 6.04 Å². The van der Waals surface area contributed by atoms with E-state index in [1.54, 1.807) is 0 Å². The molecule has 16 heavy (non-hydrogen) atoms. The summed E-state index contributed by atoms with van der Waals surface area (Å²) < 4.78 is 0. The van der Waals surface area contributed by atoms with Gasteiger partial charge in [0.05, 0.1) is 0 Å². The van der Waals surface area contributed by atoms with Crippen molar-refractivity contribution in [3.05, 3.63) is 24.3 Å². The van der Waals surface area contributed by atoms with Gasteiger partial charge in [-0.15, -0.1) is 0 Å². The van der Waals surface area contributed by atoms with Gasteiger partial charge in [-0.2, -0.15) is 0 Å². The molecule has 3 N–H and O–H groups in total. The van der Waals surface area contributed by atoms with Crippen LogP contribution in [0.5, 0.6) is 0 Å². The van der Waals surface area contributed by atoms with E-state index in [4.69, 9.17) is 10.8 Å². The van der Waals surface area contributed by atoms with Crippen LogP contribution in [0.25, 0.3) is 0 Å². The van der Waals surface area contributed by atoms with Crippen LogP contribution in [0.15, 0.2) is 24.3 Å². The molecule has 1 aromatic carbocycles. The fraction of sp³-hybridized carbons (Fsp3) is 0.538. The maximum absolute atomic E-state index is 8.94. The number of aliphatic hydroxyl groups is 1. The minimum Gasteiger partial charge on any atom is -0.399 e. The molecule has 1 aromatic rings. The summed E-state index contributed by atoms with van der Waals surface area (Å²) in [5.41, 5.74) is 7.81. The smallest absolute Gasteiger partial charge is 0.0447 e. The van der Waals surface area contributed by atoms with Crippen molar-refractivity contribution in [3.8, 4) is 0 Å². The molecule has 0 saturated heterocycles. The highest BCUT2D eigenvalue weighted by Crippen LogP contribution is 2.30. The lowest BCUT2D eigenvalue weighted by Crippen LogP contribution is -2.41. The Morgan fingerprint density at radius 3 is 2.75 bits per heavy atom. The van der Waals surface area contributed by atoms with Crippen LogP contribution < -0.4 is 10.6 Å². The van der Waals surface area contributed by atoms with Gasteiger partial charge in [0, 0.05) is 30.6 Å². The third-order valence-corrected chi connectivity index (χ3v) is 3.27. The Bertz CT molecular complexity index is 336. The van der Waals surface area contributed by atoms with E-state index in [1.165, 1.54) is 24.9 Å². The van der Waals surface area contributed by atoms with Crippen LogP contribution in [0.1, 0.15) is 25.7 Å². The second kappa shape index (κ2) is 5.21. The summed E-state index contributed by atoms with van der Waals surface area (Å²) in [4.78, 5) is 2.38. The molecule has 0 unspecified atom stereocenters. The van der Waals surface area contributed by atoms with Crippen LogP contribution in [-0.2, 0) is 0 Å². The highest BCUT2D eigenvalue weighted by atomic mass is 16.3. The molecule has 0 atom stereocenters. The Hall–Kier alpha value is -1.22. The first-order valence-corrected chi connectivity index (χ1v) is 6.04. The molecule has 0 aromatic heterocycles. The summed E-state index contributed by atoms with van der Waals surface area (Å²) in [6.07, 6.45) is 4.67. The van der Waals surface area contributed by atoms with Crippen LogP contribution in [0.3, 0.4) is 0 Å². The van der Waals surface area contributed by atoms with Gasteiger partial charge in [-0.1, -0.05) is 6.07 Å². The topological polar surface area (TPSA) is 49.5 Å². The summed E-state index contributed by atoms with van der Waals surface area (Å²) in [6.45, 7) is 1.18. The third-order valence-electron chi connectivity index (χ3n) is 3.27. The lowest BCUT2D eigenvalue weighted by atomic mass is 9.91. The fourth-order valence-corrected chi connectivity index (χ4v) is 2.17. The predicted molar refractivity (Wildman–Crippen MR) is 67.5 cm³/mol. The van der Waals surface area contributed by atoms with Crippen LogP contribution >= 0.6 is 0 Å². The fourth-order valence-electron chi connectivity index (χ4n) is 2.17. The number of nitrogens with two attached hydrogens (primary N) is 1. The Morgan fingerprint density at radius 1 is 1.38 bits per heavy atom. The molecule has 1 fully saturated rings. The van der Waals surface area contributed by atoms with Gasteiger partial charge in [0.2, 0.25) is 0 Å². The molecule has 0 heterocycles. The number of aliphatic hydroxyl groups excluding tert-OH is 1. The molecule has 0 bridgehead atoms. The zero-order valence-corrected chi connectivity index (χ0v) is 9.60. The van der Waals surface area contributed by atoms with Crippen molar-refractivity contribution in [1.82, 2.24) is 0 Å². The lowest BCUT2D eigenvalue weighted by molar-refractivity contribution is 0.283. The molecule has 0 spiro atoms. The van der Waals surface area contributed by atoms with Crippen molar-refractivity contribution in [3.63, 3.8) is 0 Å². The van der Waals surface area contributed by atoms with Gasteiger partial charge in [0.25, 0.3) is 0 Å². The van der Waals surface area contributed by atoms with E-state index in [9.17, 15) is 0 Å². The molecule has 0 radical (unpaired) electrons. The van der Waals surface area contributed by atoms with Crippen molar-refractivity contribution < 1.29 is 5.11 Å². The Morgan fingerprint density at radius 2 is 2.19 bits per heavy atom. The van der Waals surface area contributed by atoms with Gasteiger partial charge in [0.1, 0.15) is 0 Å². The quantitative estimate of drug-likeness (QED) is 0.746. The van der Waals surface area contributed by atoms with Crippen molar-refractivity contribution in [2.45, 2.75) is 31.7 Å². The summed E-state index contributed by atoms with van der Waals surface area (Å²) in [5.74, 6) is 0. The number of hydrogen-bond acceptors (Lipinski definition) is 3. The maximum atomic E-state index is 8.94. The van der Waals surface area contributed by atoms with Crippen molar-refractivity contribution in [2.75, 3.05) is 23.8 Å². The molecule has 1 aliphatic carbocycles. The van der Waals surface area contributed by atoms with Crippen molar-refractivity contribution >= 4 is 11.4 Å². The number of hydrogen-bond donors (Lipinski definition) is 2. The van der Waals surface area contributed by atoms with Gasteiger partial charge in [-0.3, -0.25) is 0 Å². The SMILES string of the molecule is Nc1cccc(N(CCCO)C2CCC2)c1. The average molecular weight is 220 g/mol. The molecular formula is C13H20N2O. The van der Waals surface area contributed by atoms with E-state index >= 15 is 0 Å². The molecule has 1 aliphatic rings. The average Bonchev–Trinajstić information content (AvgIpc) is 2.21. The summed E-state index contributed by atoms with van der Waals surface area (Å²) in [7, 11) is 0. The van der Waals surface area contributed by atoms with E-state index in [2.05, 4.69) is 11.0 Å². The molecule has 0 aliphatic heterocycles. The minimum absolute atomic E-state index is 0.255. The Balaban J connectivity index is 2.10. The highest BCUT2D eigenvalue weighted by Gasteiger charge is 2.24. The number of nitrogen functional groups attached to an aromatic ring is 1. The van der Waals surface area contributed by atoms with Crippen LogP contribution in [0.2, 0.25) is 0 Å². The van der Waals surface area contributed by atoms with Crippen LogP contribution in [0, 0.1) is 0 Å². The molecule has 2 rings (SSSR count). The Labute approximate surface area is 96.9 Å². The summed E-state index contributed by atoms with van der Waals surface area (Å²) in [6, 6.07) is 8.68. The molecule has 1 saturated carbocycles. The van der Waals surface area contributed by atoms with Gasteiger partial charge in [-0.25, -0.2) is 0 Å². The van der Waals surface area contributed by atoms with Gasteiger partial charge >= 0.3 is 0 Å². The zero-order chi connectivity index (χ0) is 11.4. The number of anilines is 2. The minimum atomic E-state index is 0.255. The molecule has 88 valence electrons. The molecular weight excluding hydrogens is 200 g/mol. The number of benzene rings is 1. The normalized spacial score (nSPS) is 15.8. The van der Waals surface area contributed by atoms with Crippen molar-refractivity contribution in [1.29, 1.82) is 0 Å². The van der Waals surface area contributed by atoms with Crippen LogP contribution in [0.4, 0.5) is 11.4 Å². The van der Waals surface area contributed by atoms with E-state index in [1.807, 2.05) is 18.2 Å². The maximum Gasteiger partial charge on any atom is 0.0447 e. The standard InChI is InChI=1S/C13H20N2O/c14-11-4-1-7-13(10-11)15(8-3-9-16)12-5-2-6-12/h1,4,7,10,12,16H,2-3,5-6,8-9,14H2. The first-order valence-electron chi connectivity index (χ1n) is 6.04. The van der Waals surface area contributed by atoms with Crippen molar-refractivity contribution in [2.24, 2.45) is 0 Å². The predicted octanol–water partition coefficient (Wildman–Crippen LogP) is 2.01. The first kappa shape index (κ1) is 11.3. The number of nitrogens with zero attached hydrogens (tertiary/aromatic N) is 1. The van der Waals surface area contributed by atoms with E-state index in [0.717, 1.165) is 18.7 Å². The monoisotopic (exact) mass is 220 g/mol. The Kier molecular flexibility index (Phi) is 3.67. The second-order valence-electron chi connectivity index (χ2n) is 4.45. The third kappa shape index (κ3) is 2.47. The summed E-state index contributed by atoms with van der Waals surface area (Å²) >= 11 is 0. The zero-order valence-electron chi connectivity index (χ0n) is 9.60. The largest absolute Gasteiger partial charge is 0.399 e. The second-order valence-corrected chi connectivity index (χ2v) is 4.45. The van der Waals surface area contributed by atoms with Gasteiger partial charge in [0.15, 0.2) is 0 Å².